The lowest BCUT2D eigenvalue weighted by Gasteiger charge is -2.26. The number of guanidine groups is 1. The van der Waals surface area contributed by atoms with E-state index >= 15 is 0 Å². The number of hydrazone groups is 1. The van der Waals surface area contributed by atoms with Crippen molar-refractivity contribution in [3.63, 3.8) is 0 Å². The molecule has 0 aromatic heterocycles. The summed E-state index contributed by atoms with van der Waals surface area (Å²) in [5.41, 5.74) is 0.920. The summed E-state index contributed by atoms with van der Waals surface area (Å²) in [5, 5.41) is 15.8. The molecule has 1 saturated heterocycles. The summed E-state index contributed by atoms with van der Waals surface area (Å²) in [6.07, 6.45) is 0.520. The molecular weight excluding hydrogens is 224 g/mol. The predicted octanol–water partition coefficient (Wildman–Crippen LogP) is 0.768. The maximum Gasteiger partial charge on any atom is 0.273 e. The van der Waals surface area contributed by atoms with Gasteiger partial charge in [0.2, 0.25) is 0 Å². The third-order valence-corrected chi connectivity index (χ3v) is 2.30. The molecule has 0 amide bonds. The molecule has 0 aromatic carbocycles. The van der Waals surface area contributed by atoms with Crippen LogP contribution in [0.15, 0.2) is 17.3 Å². The largest absolute Gasteiger partial charge is 0.354 e. The van der Waals surface area contributed by atoms with Gasteiger partial charge in [0.05, 0.1) is 6.61 Å². The molecule has 96 valence electrons. The second-order valence-electron chi connectivity index (χ2n) is 3.91. The van der Waals surface area contributed by atoms with Crippen molar-refractivity contribution < 1.29 is 9.77 Å². The summed E-state index contributed by atoms with van der Waals surface area (Å²) < 4.78 is 5.63. The Kier molecular flexibility index (Phi) is 4.89. The van der Waals surface area contributed by atoms with E-state index in [1.807, 2.05) is 13.8 Å². The average Bonchev–Trinajstić information content (AvgIpc) is 2.66. The molecule has 1 unspecified atom stereocenters. The quantitative estimate of drug-likeness (QED) is 0.422. The van der Waals surface area contributed by atoms with Crippen LogP contribution >= 0.6 is 0 Å². The van der Waals surface area contributed by atoms with Crippen LogP contribution in [0.25, 0.3) is 0 Å². The topological polar surface area (TPSA) is 80.0 Å². The van der Waals surface area contributed by atoms with E-state index in [0.29, 0.717) is 19.7 Å². The van der Waals surface area contributed by atoms with E-state index in [-0.39, 0.29) is 12.2 Å². The van der Waals surface area contributed by atoms with E-state index in [1.54, 1.807) is 4.90 Å². The summed E-state index contributed by atoms with van der Waals surface area (Å²) in [4.78, 5) is 12.1. The summed E-state index contributed by atoms with van der Waals surface area (Å²) in [6, 6.07) is 0. The van der Waals surface area contributed by atoms with Crippen LogP contribution < -0.4 is 5.32 Å². The van der Waals surface area contributed by atoms with Crippen LogP contribution in [-0.2, 0) is 4.74 Å². The number of hydrogen-bond acceptors (Lipinski definition) is 3. The molecular formula is C10H18N4O3. The molecule has 1 rings (SSSR count). The summed E-state index contributed by atoms with van der Waals surface area (Å²) >= 11 is 0. The van der Waals surface area contributed by atoms with Crippen LogP contribution in [0.4, 0.5) is 0 Å². The minimum absolute atomic E-state index is 0.208. The predicted molar refractivity (Wildman–Crippen MR) is 64.0 cm³/mol. The van der Waals surface area contributed by atoms with Gasteiger partial charge in [0.15, 0.2) is 5.03 Å². The molecule has 7 heteroatoms. The maximum atomic E-state index is 10.4. The normalized spacial score (nSPS) is 19.2. The molecule has 1 fully saturated rings. The fraction of sp³-hybridized carbons (Fsp3) is 0.700. The van der Waals surface area contributed by atoms with E-state index < -0.39 is 5.03 Å². The lowest BCUT2D eigenvalue weighted by Crippen LogP contribution is -2.41. The Morgan fingerprint density at radius 2 is 2.53 bits per heavy atom. The van der Waals surface area contributed by atoms with Gasteiger partial charge < -0.3 is 15.0 Å². The second-order valence-corrected chi connectivity index (χ2v) is 3.91. The highest BCUT2D eigenvalue weighted by Crippen LogP contribution is 2.11. The third kappa shape index (κ3) is 4.03. The van der Waals surface area contributed by atoms with Crippen LogP contribution in [0.2, 0.25) is 0 Å². The molecule has 1 atom stereocenters. The Morgan fingerprint density at radius 1 is 1.82 bits per heavy atom. The zero-order chi connectivity index (χ0) is 12.8. The third-order valence-electron chi connectivity index (χ3n) is 2.30. The van der Waals surface area contributed by atoms with Gasteiger partial charge in [0, 0.05) is 13.1 Å². The van der Waals surface area contributed by atoms with E-state index in [4.69, 9.17) is 4.74 Å². The molecule has 0 saturated carbocycles. The Hall–Kier alpha value is -1.63. The van der Waals surface area contributed by atoms with Crippen molar-refractivity contribution in [1.82, 2.24) is 10.2 Å². The minimum Gasteiger partial charge on any atom is -0.354 e. The van der Waals surface area contributed by atoms with Crippen LogP contribution in [0.3, 0.4) is 0 Å². The van der Waals surface area contributed by atoms with Gasteiger partial charge in [-0.3, -0.25) is 0 Å². The molecule has 0 bridgehead atoms. The highest BCUT2D eigenvalue weighted by molar-refractivity contribution is 5.81. The Balaban J connectivity index is 2.66. The summed E-state index contributed by atoms with van der Waals surface area (Å²) in [6.45, 7) is 9.34. The van der Waals surface area contributed by atoms with Crippen molar-refractivity contribution in [2.24, 2.45) is 5.10 Å². The fourth-order valence-corrected chi connectivity index (χ4v) is 1.61. The summed E-state index contributed by atoms with van der Waals surface area (Å²) in [5.74, 6) is 0.267. The van der Waals surface area contributed by atoms with Gasteiger partial charge >= 0.3 is 0 Å². The van der Waals surface area contributed by atoms with Crippen molar-refractivity contribution in [3.8, 4) is 0 Å². The molecule has 1 N–H and O–H groups in total. The number of hydrogen-bond donors (Lipinski definition) is 1. The number of ether oxygens (including phenoxy) is 1. The Morgan fingerprint density at radius 3 is 3.06 bits per heavy atom. The van der Waals surface area contributed by atoms with Crippen molar-refractivity contribution in [2.45, 2.75) is 26.5 Å². The minimum atomic E-state index is -0.702. The number of nitrogens with zero attached hydrogens (tertiary/aromatic N) is 3. The van der Waals surface area contributed by atoms with Crippen molar-refractivity contribution >= 4 is 5.96 Å². The number of rotatable bonds is 6. The second kappa shape index (κ2) is 6.19. The van der Waals surface area contributed by atoms with Gasteiger partial charge in [-0.1, -0.05) is 19.1 Å². The lowest BCUT2D eigenvalue weighted by molar-refractivity contribution is -0.486. The summed E-state index contributed by atoms with van der Waals surface area (Å²) in [7, 11) is 0. The molecule has 0 radical (unpaired) electrons. The van der Waals surface area contributed by atoms with E-state index in [0.717, 1.165) is 12.0 Å². The van der Waals surface area contributed by atoms with Crippen molar-refractivity contribution in [2.75, 3.05) is 19.7 Å². The molecule has 1 aliphatic rings. The molecule has 0 aromatic rings. The molecule has 1 aliphatic heterocycles. The van der Waals surface area contributed by atoms with Crippen molar-refractivity contribution in [3.05, 3.63) is 22.3 Å². The highest BCUT2D eigenvalue weighted by Gasteiger charge is 2.28. The van der Waals surface area contributed by atoms with E-state index in [2.05, 4.69) is 17.0 Å². The van der Waals surface area contributed by atoms with Gasteiger partial charge in [0.25, 0.3) is 5.96 Å². The first-order valence-corrected chi connectivity index (χ1v) is 5.54. The molecule has 17 heavy (non-hydrogen) atoms. The monoisotopic (exact) mass is 242 g/mol. The highest BCUT2D eigenvalue weighted by atomic mass is 16.7. The maximum absolute atomic E-state index is 10.4. The fourth-order valence-electron chi connectivity index (χ4n) is 1.61. The van der Waals surface area contributed by atoms with Gasteiger partial charge in [-0.25, -0.2) is 10.1 Å². The molecule has 0 aliphatic carbocycles. The zero-order valence-electron chi connectivity index (χ0n) is 10.2. The first-order chi connectivity index (χ1) is 8.04. The van der Waals surface area contributed by atoms with Crippen LogP contribution in [0.5, 0.6) is 0 Å². The zero-order valence-corrected chi connectivity index (χ0v) is 10.2. The van der Waals surface area contributed by atoms with Gasteiger partial charge in [0.1, 0.15) is 11.3 Å². The Bertz CT molecular complexity index is 330. The smallest absolute Gasteiger partial charge is 0.273 e. The lowest BCUT2D eigenvalue weighted by atomic mass is 10.3. The van der Waals surface area contributed by atoms with Crippen molar-refractivity contribution in [1.29, 1.82) is 0 Å². The molecule has 1 heterocycles. The first kappa shape index (κ1) is 13.4. The van der Waals surface area contributed by atoms with E-state index in [9.17, 15) is 10.1 Å². The molecule has 7 nitrogen and oxygen atoms in total. The number of nitrogens with one attached hydrogen (secondary N) is 1. The number of nitro groups is 1. The van der Waals surface area contributed by atoms with Gasteiger partial charge in [-0.2, -0.15) is 0 Å². The molecule has 0 spiro atoms. The Labute approximate surface area is 100 Å². The van der Waals surface area contributed by atoms with Crippen LogP contribution in [-0.4, -0.2) is 41.8 Å². The average molecular weight is 242 g/mol. The van der Waals surface area contributed by atoms with E-state index in [1.165, 1.54) is 0 Å². The SMILES string of the molecule is C=C(C)COC(CC)N1CCNC1=N[N+](=O)[O-]. The first-order valence-electron chi connectivity index (χ1n) is 5.54. The van der Waals surface area contributed by atoms with Crippen LogP contribution in [0, 0.1) is 10.1 Å². The van der Waals surface area contributed by atoms with Gasteiger partial charge in [-0.05, 0) is 13.3 Å². The van der Waals surface area contributed by atoms with Crippen LogP contribution in [0.1, 0.15) is 20.3 Å². The van der Waals surface area contributed by atoms with Gasteiger partial charge in [-0.15, -0.1) is 0 Å². The standard InChI is InChI=1S/C10H18N4O3/c1-4-9(17-7-8(2)3)13-6-5-11-10(13)12-14(15)16/h9H,2,4-7H2,1,3H3,(H,11,12).